The Morgan fingerprint density at radius 1 is 1.41 bits per heavy atom. The molecule has 0 aliphatic heterocycles. The van der Waals surface area contributed by atoms with E-state index in [1.807, 2.05) is 7.05 Å². The van der Waals surface area contributed by atoms with Gasteiger partial charge in [-0.15, -0.1) is 16.4 Å². The first-order valence-electron chi connectivity index (χ1n) is 5.23. The van der Waals surface area contributed by atoms with Crippen molar-refractivity contribution in [3.63, 3.8) is 0 Å². The van der Waals surface area contributed by atoms with Crippen LogP contribution >= 0.6 is 27.3 Å². The lowest BCUT2D eigenvalue weighted by molar-refractivity contribution is 0.489. The number of aromatic nitrogens is 2. The average molecular weight is 317 g/mol. The van der Waals surface area contributed by atoms with Crippen LogP contribution in [0, 0.1) is 0 Å². The van der Waals surface area contributed by atoms with Crippen molar-refractivity contribution in [3.8, 4) is 0 Å². The van der Waals surface area contributed by atoms with Gasteiger partial charge in [0.15, 0.2) is 0 Å². The van der Waals surface area contributed by atoms with Crippen molar-refractivity contribution in [2.75, 3.05) is 18.9 Å². The number of anilines is 1. The van der Waals surface area contributed by atoms with Crippen LogP contribution in [0.1, 0.15) is 10.8 Å². The SMILES string of the molecule is CNCc1nnc(NCCc2ccc(Br)s2)o1. The first kappa shape index (κ1) is 12.5. The molecule has 2 heterocycles. The summed E-state index contributed by atoms with van der Waals surface area (Å²) in [5, 5.41) is 13.8. The van der Waals surface area contributed by atoms with Gasteiger partial charge in [-0.1, -0.05) is 5.10 Å². The molecule has 7 heteroatoms. The first-order chi connectivity index (χ1) is 8.28. The van der Waals surface area contributed by atoms with Crippen LogP contribution in [0.15, 0.2) is 20.3 Å². The number of hydrogen-bond acceptors (Lipinski definition) is 6. The molecule has 0 aliphatic rings. The van der Waals surface area contributed by atoms with Crippen molar-refractivity contribution in [1.29, 1.82) is 0 Å². The smallest absolute Gasteiger partial charge is 0.315 e. The topological polar surface area (TPSA) is 63.0 Å². The fourth-order valence-electron chi connectivity index (χ4n) is 1.33. The third kappa shape index (κ3) is 3.79. The minimum absolute atomic E-state index is 0.478. The molecule has 0 atom stereocenters. The largest absolute Gasteiger partial charge is 0.407 e. The van der Waals surface area contributed by atoms with E-state index in [1.165, 1.54) is 4.88 Å². The van der Waals surface area contributed by atoms with Crippen molar-refractivity contribution >= 4 is 33.3 Å². The molecule has 0 aliphatic carbocycles. The second-order valence-electron chi connectivity index (χ2n) is 3.41. The third-order valence-electron chi connectivity index (χ3n) is 2.07. The summed E-state index contributed by atoms with van der Waals surface area (Å²) < 4.78 is 6.52. The Hall–Kier alpha value is -0.920. The zero-order chi connectivity index (χ0) is 12.1. The van der Waals surface area contributed by atoms with E-state index in [0.717, 1.165) is 16.8 Å². The molecule has 0 amide bonds. The van der Waals surface area contributed by atoms with Crippen molar-refractivity contribution in [2.24, 2.45) is 0 Å². The third-order valence-corrected chi connectivity index (χ3v) is 3.75. The standard InChI is InChI=1S/C10H13BrN4OS/c1-12-6-9-14-15-10(16-9)13-5-4-7-2-3-8(11)17-7/h2-3,12H,4-6H2,1H3,(H,13,15). The van der Waals surface area contributed by atoms with E-state index in [0.29, 0.717) is 18.5 Å². The summed E-state index contributed by atoms with van der Waals surface area (Å²) in [7, 11) is 1.84. The Labute approximate surface area is 112 Å². The molecule has 0 aromatic carbocycles. The molecule has 17 heavy (non-hydrogen) atoms. The van der Waals surface area contributed by atoms with Gasteiger partial charge in [0.2, 0.25) is 5.89 Å². The summed E-state index contributed by atoms with van der Waals surface area (Å²) in [6.07, 6.45) is 0.944. The lowest BCUT2D eigenvalue weighted by Gasteiger charge is -1.98. The zero-order valence-corrected chi connectivity index (χ0v) is 11.8. The Morgan fingerprint density at radius 3 is 3.00 bits per heavy atom. The van der Waals surface area contributed by atoms with Gasteiger partial charge < -0.3 is 15.1 Å². The highest BCUT2D eigenvalue weighted by molar-refractivity contribution is 9.11. The molecule has 0 fully saturated rings. The van der Waals surface area contributed by atoms with E-state index in [-0.39, 0.29) is 0 Å². The molecule has 2 rings (SSSR count). The van der Waals surface area contributed by atoms with Crippen molar-refractivity contribution in [1.82, 2.24) is 15.5 Å². The summed E-state index contributed by atoms with van der Waals surface area (Å²) in [6, 6.07) is 4.64. The van der Waals surface area contributed by atoms with Gasteiger partial charge in [0.05, 0.1) is 10.3 Å². The van der Waals surface area contributed by atoms with Gasteiger partial charge in [0.25, 0.3) is 0 Å². The van der Waals surface area contributed by atoms with Crippen molar-refractivity contribution in [2.45, 2.75) is 13.0 Å². The lowest BCUT2D eigenvalue weighted by atomic mass is 10.3. The number of nitrogens with one attached hydrogen (secondary N) is 2. The summed E-state index contributed by atoms with van der Waals surface area (Å²) >= 11 is 5.18. The molecular formula is C10H13BrN4OS. The quantitative estimate of drug-likeness (QED) is 0.856. The fourth-order valence-corrected chi connectivity index (χ4v) is 2.81. The zero-order valence-electron chi connectivity index (χ0n) is 9.36. The number of nitrogens with zero attached hydrogens (tertiary/aromatic N) is 2. The second kappa shape index (κ2) is 6.13. The van der Waals surface area contributed by atoms with E-state index in [2.05, 4.69) is 48.9 Å². The van der Waals surface area contributed by atoms with Crippen LogP contribution < -0.4 is 10.6 Å². The van der Waals surface area contributed by atoms with Gasteiger partial charge in [-0.3, -0.25) is 0 Å². The number of halogens is 1. The van der Waals surface area contributed by atoms with Gasteiger partial charge in [-0.25, -0.2) is 0 Å². The molecule has 0 radical (unpaired) electrons. The normalized spacial score (nSPS) is 10.7. The second-order valence-corrected chi connectivity index (χ2v) is 5.96. The van der Waals surface area contributed by atoms with Crippen LogP contribution in [0.4, 0.5) is 6.01 Å². The van der Waals surface area contributed by atoms with Gasteiger partial charge in [-0.2, -0.15) is 0 Å². The molecule has 5 nitrogen and oxygen atoms in total. The average Bonchev–Trinajstić information content (AvgIpc) is 2.89. The molecule has 2 N–H and O–H groups in total. The van der Waals surface area contributed by atoms with Crippen LogP contribution in [0.5, 0.6) is 0 Å². The van der Waals surface area contributed by atoms with Crippen LogP contribution in [0.3, 0.4) is 0 Å². The minimum Gasteiger partial charge on any atom is -0.407 e. The van der Waals surface area contributed by atoms with Gasteiger partial charge in [0, 0.05) is 11.4 Å². The summed E-state index contributed by atoms with van der Waals surface area (Å²) in [4.78, 5) is 1.32. The molecule has 2 aromatic rings. The summed E-state index contributed by atoms with van der Waals surface area (Å²) in [5.41, 5.74) is 0. The Kier molecular flexibility index (Phi) is 4.52. The maximum Gasteiger partial charge on any atom is 0.315 e. The highest BCUT2D eigenvalue weighted by atomic mass is 79.9. The highest BCUT2D eigenvalue weighted by Crippen LogP contribution is 2.22. The van der Waals surface area contributed by atoms with Crippen molar-refractivity contribution < 1.29 is 4.42 Å². The summed E-state index contributed by atoms with van der Waals surface area (Å²) in [6.45, 7) is 1.38. The summed E-state index contributed by atoms with van der Waals surface area (Å²) in [5.74, 6) is 0.592. The van der Waals surface area contributed by atoms with Crippen LogP contribution in [-0.2, 0) is 13.0 Å². The monoisotopic (exact) mass is 316 g/mol. The molecular weight excluding hydrogens is 304 g/mol. The maximum absolute atomic E-state index is 5.37. The predicted molar refractivity (Wildman–Crippen MR) is 71.3 cm³/mol. The van der Waals surface area contributed by atoms with Crippen molar-refractivity contribution in [3.05, 3.63) is 26.7 Å². The molecule has 0 unspecified atom stereocenters. The molecule has 0 spiro atoms. The van der Waals surface area contributed by atoms with Gasteiger partial charge in [-0.05, 0) is 41.5 Å². The van der Waals surface area contributed by atoms with E-state index in [9.17, 15) is 0 Å². The lowest BCUT2D eigenvalue weighted by Crippen LogP contribution is -2.05. The Morgan fingerprint density at radius 2 is 2.29 bits per heavy atom. The molecule has 92 valence electrons. The van der Waals surface area contributed by atoms with Crippen LogP contribution in [0.2, 0.25) is 0 Å². The number of hydrogen-bond donors (Lipinski definition) is 2. The minimum atomic E-state index is 0.478. The molecule has 0 saturated heterocycles. The predicted octanol–water partition coefficient (Wildman–Crippen LogP) is 2.27. The number of thiophene rings is 1. The first-order valence-corrected chi connectivity index (χ1v) is 6.84. The molecule has 0 bridgehead atoms. The Balaban J connectivity index is 1.77. The number of rotatable bonds is 6. The van der Waals surface area contributed by atoms with Crippen LogP contribution in [0.25, 0.3) is 0 Å². The van der Waals surface area contributed by atoms with Crippen LogP contribution in [-0.4, -0.2) is 23.8 Å². The molecule has 0 saturated carbocycles. The maximum atomic E-state index is 5.37. The van der Waals surface area contributed by atoms with E-state index < -0.39 is 0 Å². The van der Waals surface area contributed by atoms with Gasteiger partial charge >= 0.3 is 6.01 Å². The highest BCUT2D eigenvalue weighted by Gasteiger charge is 2.04. The van der Waals surface area contributed by atoms with E-state index in [1.54, 1.807) is 11.3 Å². The Bertz CT molecular complexity index is 470. The van der Waals surface area contributed by atoms with E-state index >= 15 is 0 Å². The van der Waals surface area contributed by atoms with Gasteiger partial charge in [0.1, 0.15) is 0 Å². The van der Waals surface area contributed by atoms with E-state index in [4.69, 9.17) is 4.42 Å². The fraction of sp³-hybridized carbons (Fsp3) is 0.400. The molecule has 2 aromatic heterocycles.